The lowest BCUT2D eigenvalue weighted by molar-refractivity contribution is 0.114. The summed E-state index contributed by atoms with van der Waals surface area (Å²) in [4.78, 5) is 3.84. The van der Waals surface area contributed by atoms with E-state index >= 15 is 0 Å². The van der Waals surface area contributed by atoms with Crippen molar-refractivity contribution in [3.63, 3.8) is 0 Å². The van der Waals surface area contributed by atoms with Gasteiger partial charge in [-0.2, -0.15) is 0 Å². The maximum atomic E-state index is 11.1. The highest BCUT2D eigenvalue weighted by molar-refractivity contribution is 7.91. The molecule has 2 rings (SSSR count). The minimum Gasteiger partial charge on any atom is -0.456 e. The van der Waals surface area contributed by atoms with Crippen LogP contribution in [0.4, 0.5) is 0 Å². The molecule has 5 nitrogen and oxygen atoms in total. The van der Waals surface area contributed by atoms with Gasteiger partial charge in [-0.3, -0.25) is 0 Å². The van der Waals surface area contributed by atoms with Gasteiger partial charge in [0, 0.05) is 6.42 Å². The Balaban J connectivity index is 2.19. The van der Waals surface area contributed by atoms with Gasteiger partial charge in [-0.25, -0.2) is 13.4 Å². The fourth-order valence-electron chi connectivity index (χ4n) is 1.60. The maximum Gasteiger partial charge on any atom is 0.282 e. The fourth-order valence-corrected chi connectivity index (χ4v) is 3.52. The van der Waals surface area contributed by atoms with Crippen molar-refractivity contribution in [1.29, 1.82) is 0 Å². The molecular formula is C6H10N2O3S. The SMILES string of the molecule is NC1=NCC2(CCS(=O)(=O)C2)O1. The maximum absolute atomic E-state index is 11.1. The van der Waals surface area contributed by atoms with E-state index in [0.717, 1.165) is 0 Å². The molecule has 0 aliphatic carbocycles. The van der Waals surface area contributed by atoms with Crippen LogP contribution in [0.1, 0.15) is 6.42 Å². The molecule has 2 N–H and O–H groups in total. The molecule has 2 aliphatic rings. The smallest absolute Gasteiger partial charge is 0.282 e. The highest BCUT2D eigenvalue weighted by Gasteiger charge is 2.47. The number of nitrogens with two attached hydrogens (primary N) is 1. The molecular weight excluding hydrogens is 180 g/mol. The van der Waals surface area contributed by atoms with Crippen LogP contribution in [-0.4, -0.2) is 38.1 Å². The number of hydrogen-bond donors (Lipinski definition) is 1. The molecule has 68 valence electrons. The number of nitrogens with zero attached hydrogens (tertiary/aromatic N) is 1. The first-order chi connectivity index (χ1) is 5.52. The number of amidine groups is 1. The average Bonchev–Trinajstić information content (AvgIpc) is 2.41. The molecule has 1 saturated heterocycles. The van der Waals surface area contributed by atoms with E-state index in [4.69, 9.17) is 10.5 Å². The monoisotopic (exact) mass is 190 g/mol. The van der Waals surface area contributed by atoms with E-state index in [1.807, 2.05) is 0 Å². The van der Waals surface area contributed by atoms with Crippen LogP contribution < -0.4 is 5.73 Å². The highest BCUT2D eigenvalue weighted by Crippen LogP contribution is 2.30. The van der Waals surface area contributed by atoms with Gasteiger partial charge in [-0.05, 0) is 0 Å². The Bertz CT molecular complexity index is 335. The summed E-state index contributed by atoms with van der Waals surface area (Å²) in [5.74, 6) is 0.250. The first kappa shape index (κ1) is 7.85. The molecule has 0 aromatic rings. The van der Waals surface area contributed by atoms with Gasteiger partial charge in [-0.1, -0.05) is 0 Å². The van der Waals surface area contributed by atoms with Crippen LogP contribution in [0.5, 0.6) is 0 Å². The van der Waals surface area contributed by atoms with Crippen LogP contribution in [0, 0.1) is 0 Å². The molecule has 1 atom stereocenters. The van der Waals surface area contributed by atoms with E-state index < -0.39 is 15.4 Å². The van der Waals surface area contributed by atoms with Gasteiger partial charge >= 0.3 is 0 Å². The summed E-state index contributed by atoms with van der Waals surface area (Å²) in [6, 6.07) is 0.118. The summed E-state index contributed by atoms with van der Waals surface area (Å²) < 4.78 is 27.4. The standard InChI is InChI=1S/C6H10N2O3S/c7-5-8-3-6(11-5)1-2-12(9,10)4-6/h1-4H2,(H2,7,8). The van der Waals surface area contributed by atoms with Crippen molar-refractivity contribution in [1.82, 2.24) is 0 Å². The van der Waals surface area contributed by atoms with Crippen molar-refractivity contribution in [3.8, 4) is 0 Å². The minimum atomic E-state index is -2.92. The third kappa shape index (κ3) is 1.16. The second kappa shape index (κ2) is 2.12. The van der Waals surface area contributed by atoms with Crippen molar-refractivity contribution in [2.75, 3.05) is 18.1 Å². The van der Waals surface area contributed by atoms with Gasteiger partial charge in [0.05, 0.1) is 18.1 Å². The Morgan fingerprint density at radius 1 is 1.58 bits per heavy atom. The van der Waals surface area contributed by atoms with E-state index in [0.29, 0.717) is 13.0 Å². The summed E-state index contributed by atoms with van der Waals surface area (Å²) >= 11 is 0. The van der Waals surface area contributed by atoms with Gasteiger partial charge in [0.2, 0.25) is 0 Å². The summed E-state index contributed by atoms with van der Waals surface area (Å²) in [7, 11) is -2.92. The molecule has 12 heavy (non-hydrogen) atoms. The Hall–Kier alpha value is -0.780. The summed E-state index contributed by atoms with van der Waals surface area (Å²) in [6.45, 7) is 0.387. The largest absolute Gasteiger partial charge is 0.456 e. The molecule has 0 saturated carbocycles. The second-order valence-electron chi connectivity index (χ2n) is 3.28. The first-order valence-corrected chi connectivity index (χ1v) is 5.53. The molecule has 1 fully saturated rings. The van der Waals surface area contributed by atoms with Crippen molar-refractivity contribution < 1.29 is 13.2 Å². The summed E-state index contributed by atoms with van der Waals surface area (Å²) in [6.07, 6.45) is 0.513. The lowest BCUT2D eigenvalue weighted by Crippen LogP contribution is -2.35. The molecule has 0 radical (unpaired) electrons. The van der Waals surface area contributed by atoms with E-state index in [1.54, 1.807) is 0 Å². The Morgan fingerprint density at radius 3 is 2.75 bits per heavy atom. The van der Waals surface area contributed by atoms with Crippen molar-refractivity contribution in [2.24, 2.45) is 10.7 Å². The zero-order valence-corrected chi connectivity index (χ0v) is 7.30. The van der Waals surface area contributed by atoms with Gasteiger partial charge < -0.3 is 10.5 Å². The van der Waals surface area contributed by atoms with E-state index in [9.17, 15) is 8.42 Å². The zero-order chi connectivity index (χ0) is 8.82. The molecule has 2 aliphatic heterocycles. The van der Waals surface area contributed by atoms with Crippen LogP contribution in [-0.2, 0) is 14.6 Å². The summed E-state index contributed by atoms with van der Waals surface area (Å²) in [5, 5.41) is 0. The van der Waals surface area contributed by atoms with Gasteiger partial charge in [0.1, 0.15) is 5.60 Å². The number of sulfone groups is 1. The Labute approximate surface area is 70.5 Å². The molecule has 0 aromatic heterocycles. The third-order valence-corrected chi connectivity index (χ3v) is 3.99. The Kier molecular flexibility index (Phi) is 1.39. The van der Waals surface area contributed by atoms with E-state index in [-0.39, 0.29) is 17.5 Å². The summed E-state index contributed by atoms with van der Waals surface area (Å²) in [5.41, 5.74) is 4.69. The molecule has 0 bridgehead atoms. The molecule has 6 heteroatoms. The number of hydrogen-bond acceptors (Lipinski definition) is 5. The quantitative estimate of drug-likeness (QED) is 0.525. The minimum absolute atomic E-state index is 0.0597. The zero-order valence-electron chi connectivity index (χ0n) is 6.49. The van der Waals surface area contributed by atoms with E-state index in [1.165, 1.54) is 0 Å². The van der Waals surface area contributed by atoms with Crippen LogP contribution in [0.2, 0.25) is 0 Å². The number of ether oxygens (including phenoxy) is 1. The first-order valence-electron chi connectivity index (χ1n) is 3.71. The molecule has 0 amide bonds. The molecule has 0 aromatic carbocycles. The lowest BCUT2D eigenvalue weighted by Gasteiger charge is -2.19. The molecule has 1 unspecified atom stereocenters. The van der Waals surface area contributed by atoms with Gasteiger partial charge in [0.25, 0.3) is 6.02 Å². The van der Waals surface area contributed by atoms with Crippen LogP contribution >= 0.6 is 0 Å². The lowest BCUT2D eigenvalue weighted by atomic mass is 10.1. The van der Waals surface area contributed by atoms with Crippen molar-refractivity contribution >= 4 is 15.9 Å². The third-order valence-electron chi connectivity index (χ3n) is 2.20. The number of rotatable bonds is 0. The predicted octanol–water partition coefficient (Wildman–Crippen LogP) is -1.11. The predicted molar refractivity (Wildman–Crippen MR) is 43.6 cm³/mol. The normalized spacial score (nSPS) is 38.2. The van der Waals surface area contributed by atoms with E-state index in [2.05, 4.69) is 4.99 Å². The number of aliphatic imine (C=N–C) groups is 1. The molecule has 2 heterocycles. The average molecular weight is 190 g/mol. The second-order valence-corrected chi connectivity index (χ2v) is 5.47. The fraction of sp³-hybridized carbons (Fsp3) is 0.833. The molecule has 1 spiro atoms. The van der Waals surface area contributed by atoms with Gasteiger partial charge in [-0.15, -0.1) is 0 Å². The van der Waals surface area contributed by atoms with Gasteiger partial charge in [0.15, 0.2) is 9.84 Å². The van der Waals surface area contributed by atoms with Crippen LogP contribution in [0.25, 0.3) is 0 Å². The Morgan fingerprint density at radius 2 is 2.33 bits per heavy atom. The van der Waals surface area contributed by atoms with Crippen molar-refractivity contribution in [3.05, 3.63) is 0 Å². The van der Waals surface area contributed by atoms with Crippen LogP contribution in [0.15, 0.2) is 4.99 Å². The van der Waals surface area contributed by atoms with Crippen molar-refractivity contribution in [2.45, 2.75) is 12.0 Å². The van der Waals surface area contributed by atoms with Crippen LogP contribution in [0.3, 0.4) is 0 Å². The highest BCUT2D eigenvalue weighted by atomic mass is 32.2. The topological polar surface area (TPSA) is 81.8 Å².